The molecular weight excluding hydrogens is 237 g/mol. The fourth-order valence-corrected chi connectivity index (χ4v) is 0.493. The van der Waals surface area contributed by atoms with Crippen LogP contribution in [0.2, 0.25) is 0 Å². The minimum atomic E-state index is 0. The first-order valence-corrected chi connectivity index (χ1v) is 2.27. The van der Waals surface area contributed by atoms with Crippen molar-refractivity contribution >= 4 is 0 Å². The standard InChI is InChI=1S/C6H6O2.Cs.H/c7-5-2-1-3-6(8)4-5;;/h1-4,7-8H;;/q;+1;-1. The number of phenols is 2. The van der Waals surface area contributed by atoms with Crippen LogP contribution in [0.1, 0.15) is 1.43 Å². The first-order chi connectivity index (χ1) is 3.79. The van der Waals surface area contributed by atoms with Crippen LogP contribution in [0, 0.1) is 0 Å². The van der Waals surface area contributed by atoms with Gasteiger partial charge in [-0.25, -0.2) is 0 Å². The zero-order valence-corrected chi connectivity index (χ0v) is 11.5. The molecule has 0 aliphatic heterocycles. The van der Waals surface area contributed by atoms with Crippen LogP contribution < -0.4 is 68.9 Å². The van der Waals surface area contributed by atoms with E-state index in [1.54, 1.807) is 6.07 Å². The van der Waals surface area contributed by atoms with Crippen LogP contribution in [0.15, 0.2) is 24.3 Å². The van der Waals surface area contributed by atoms with Crippen molar-refractivity contribution in [2.45, 2.75) is 0 Å². The average Bonchev–Trinajstić information content (AvgIpc) is 1.64. The molecule has 44 valence electrons. The molecule has 3 heteroatoms. The van der Waals surface area contributed by atoms with Crippen molar-refractivity contribution in [2.75, 3.05) is 0 Å². The first-order valence-electron chi connectivity index (χ1n) is 2.27. The molecule has 0 radical (unpaired) electrons. The average molecular weight is 244 g/mol. The van der Waals surface area contributed by atoms with E-state index in [-0.39, 0.29) is 81.8 Å². The van der Waals surface area contributed by atoms with Gasteiger partial charge in [0.05, 0.1) is 0 Å². The number of phenolic OH excluding ortho intramolecular Hbond substituents is 2. The van der Waals surface area contributed by atoms with Crippen molar-refractivity contribution in [1.82, 2.24) is 0 Å². The van der Waals surface area contributed by atoms with Crippen molar-refractivity contribution in [3.8, 4) is 11.5 Å². The maximum atomic E-state index is 8.65. The van der Waals surface area contributed by atoms with E-state index in [1.807, 2.05) is 0 Å². The maximum Gasteiger partial charge on any atom is 1.00 e. The van der Waals surface area contributed by atoms with E-state index in [4.69, 9.17) is 10.2 Å². The van der Waals surface area contributed by atoms with Crippen LogP contribution in [0.4, 0.5) is 0 Å². The molecule has 0 saturated heterocycles. The summed E-state index contributed by atoms with van der Waals surface area (Å²) in [7, 11) is 0. The Morgan fingerprint density at radius 1 is 1.11 bits per heavy atom. The molecule has 1 rings (SSSR count). The van der Waals surface area contributed by atoms with Gasteiger partial charge >= 0.3 is 68.9 Å². The van der Waals surface area contributed by atoms with Gasteiger partial charge in [0, 0.05) is 6.07 Å². The smallest absolute Gasteiger partial charge is 1.00 e. The molecule has 0 heterocycles. The summed E-state index contributed by atoms with van der Waals surface area (Å²) in [4.78, 5) is 0. The van der Waals surface area contributed by atoms with Crippen LogP contribution in [-0.2, 0) is 0 Å². The Morgan fingerprint density at radius 3 is 1.78 bits per heavy atom. The van der Waals surface area contributed by atoms with Gasteiger partial charge in [0.2, 0.25) is 0 Å². The molecular formula is C6H7CsO2. The van der Waals surface area contributed by atoms with Gasteiger partial charge in [0.25, 0.3) is 0 Å². The first kappa shape index (κ1) is 9.87. The van der Waals surface area contributed by atoms with Crippen molar-refractivity contribution in [2.24, 2.45) is 0 Å². The summed E-state index contributed by atoms with van der Waals surface area (Å²) in [5.74, 6) is 0.176. The minimum absolute atomic E-state index is 0. The van der Waals surface area contributed by atoms with E-state index in [2.05, 4.69) is 0 Å². The van der Waals surface area contributed by atoms with Crippen molar-refractivity contribution in [3.05, 3.63) is 24.3 Å². The topological polar surface area (TPSA) is 40.5 Å². The van der Waals surface area contributed by atoms with E-state index >= 15 is 0 Å². The predicted molar refractivity (Wildman–Crippen MR) is 30.9 cm³/mol. The van der Waals surface area contributed by atoms with Crippen molar-refractivity contribution in [3.63, 3.8) is 0 Å². The van der Waals surface area contributed by atoms with Gasteiger partial charge in [-0.2, -0.15) is 0 Å². The molecule has 2 nitrogen and oxygen atoms in total. The molecule has 0 unspecified atom stereocenters. The molecule has 0 aromatic heterocycles. The van der Waals surface area contributed by atoms with E-state index in [9.17, 15) is 0 Å². The zero-order valence-electron chi connectivity index (χ0n) is 6.20. The van der Waals surface area contributed by atoms with E-state index in [0.29, 0.717) is 0 Å². The molecule has 9 heavy (non-hydrogen) atoms. The van der Waals surface area contributed by atoms with Gasteiger partial charge in [0.15, 0.2) is 0 Å². The zero-order chi connectivity index (χ0) is 5.98. The summed E-state index contributed by atoms with van der Waals surface area (Å²) >= 11 is 0. The summed E-state index contributed by atoms with van der Waals surface area (Å²) in [6, 6.07) is 5.85. The number of hydrogen-bond donors (Lipinski definition) is 2. The number of benzene rings is 1. The molecule has 0 aliphatic rings. The largest absolute Gasteiger partial charge is 1.00 e. The quantitative estimate of drug-likeness (QED) is 0.566. The molecule has 2 N–H and O–H groups in total. The van der Waals surface area contributed by atoms with Gasteiger partial charge in [-0.3, -0.25) is 0 Å². The molecule has 0 saturated carbocycles. The third-order valence-corrected chi connectivity index (χ3v) is 0.830. The number of aromatic hydroxyl groups is 2. The van der Waals surface area contributed by atoms with Crippen molar-refractivity contribution in [1.29, 1.82) is 0 Å². The Labute approximate surface area is 114 Å². The fourth-order valence-electron chi connectivity index (χ4n) is 0.493. The molecule has 0 bridgehead atoms. The van der Waals surface area contributed by atoms with Crippen LogP contribution >= 0.6 is 0 Å². The molecule has 0 fully saturated rings. The van der Waals surface area contributed by atoms with Gasteiger partial charge in [0.1, 0.15) is 11.5 Å². The maximum absolute atomic E-state index is 8.65. The summed E-state index contributed by atoms with van der Waals surface area (Å²) in [5, 5.41) is 17.3. The van der Waals surface area contributed by atoms with Crippen LogP contribution in [0.3, 0.4) is 0 Å². The molecule has 0 spiro atoms. The molecule has 0 amide bonds. The molecule has 1 aromatic rings. The second-order valence-electron chi connectivity index (χ2n) is 1.52. The monoisotopic (exact) mass is 244 g/mol. The van der Waals surface area contributed by atoms with Crippen LogP contribution in [0.5, 0.6) is 11.5 Å². The van der Waals surface area contributed by atoms with Crippen LogP contribution in [0.25, 0.3) is 0 Å². The number of rotatable bonds is 0. The number of hydrogen-bond acceptors (Lipinski definition) is 2. The second kappa shape index (κ2) is 4.65. The van der Waals surface area contributed by atoms with E-state index in [1.165, 1.54) is 18.2 Å². The predicted octanol–water partition coefficient (Wildman–Crippen LogP) is -1.79. The SMILES string of the molecule is Oc1cccc(O)c1.[Cs+].[H-]. The molecule has 1 aromatic carbocycles. The molecule has 0 atom stereocenters. The van der Waals surface area contributed by atoms with Crippen LogP contribution in [-0.4, -0.2) is 10.2 Å². The second-order valence-corrected chi connectivity index (χ2v) is 1.52. The van der Waals surface area contributed by atoms with Gasteiger partial charge in [-0.15, -0.1) is 0 Å². The van der Waals surface area contributed by atoms with Gasteiger partial charge < -0.3 is 11.6 Å². The fraction of sp³-hybridized carbons (Fsp3) is 0. The Balaban J connectivity index is 0. The minimum Gasteiger partial charge on any atom is -1.00 e. The molecule has 0 aliphatic carbocycles. The van der Waals surface area contributed by atoms with Crippen molar-refractivity contribution < 1.29 is 80.5 Å². The third kappa shape index (κ3) is 3.54. The Hall–Kier alpha value is 0.872. The Bertz CT molecular complexity index is 176. The van der Waals surface area contributed by atoms with Gasteiger partial charge in [-0.05, 0) is 12.1 Å². The summed E-state index contributed by atoms with van der Waals surface area (Å²) in [5.41, 5.74) is 0. The summed E-state index contributed by atoms with van der Waals surface area (Å²) in [6.07, 6.45) is 0. The third-order valence-electron chi connectivity index (χ3n) is 0.830. The van der Waals surface area contributed by atoms with Gasteiger partial charge in [-0.1, -0.05) is 6.07 Å². The summed E-state index contributed by atoms with van der Waals surface area (Å²) in [6.45, 7) is 0. The Morgan fingerprint density at radius 2 is 1.56 bits per heavy atom. The normalized spacial score (nSPS) is 8.00. The Kier molecular flexibility index (Phi) is 5.10. The van der Waals surface area contributed by atoms with E-state index in [0.717, 1.165) is 0 Å². The summed E-state index contributed by atoms with van der Waals surface area (Å²) < 4.78 is 0. The van der Waals surface area contributed by atoms with E-state index < -0.39 is 0 Å².